The third kappa shape index (κ3) is 3.30. The summed E-state index contributed by atoms with van der Waals surface area (Å²) < 4.78 is 5.38. The molecule has 0 bridgehead atoms. The van der Waals surface area contributed by atoms with E-state index >= 15 is 0 Å². The number of hydrogen-bond donors (Lipinski definition) is 1. The van der Waals surface area contributed by atoms with Crippen LogP contribution < -0.4 is 0 Å². The molecule has 0 heterocycles. The molecule has 1 aromatic rings. The van der Waals surface area contributed by atoms with E-state index in [1.807, 2.05) is 6.07 Å². The lowest BCUT2D eigenvalue weighted by molar-refractivity contribution is -0.0206. The van der Waals surface area contributed by atoms with Gasteiger partial charge in [0, 0.05) is 0 Å². The Bertz CT molecular complexity index is 361. The molecule has 0 saturated heterocycles. The van der Waals surface area contributed by atoms with Gasteiger partial charge in [0.2, 0.25) is 0 Å². The number of ether oxygens (including phenoxy) is 1. The summed E-state index contributed by atoms with van der Waals surface area (Å²) in [7, 11) is 0. The first-order valence-corrected chi connectivity index (χ1v) is 6.21. The van der Waals surface area contributed by atoms with Gasteiger partial charge in [0.05, 0.1) is 11.7 Å². The van der Waals surface area contributed by atoms with Gasteiger partial charge in [-0.15, -0.1) is 0 Å². The third-order valence-corrected chi connectivity index (χ3v) is 3.19. The zero-order valence-corrected chi connectivity index (χ0v) is 9.84. The van der Waals surface area contributed by atoms with Crippen LogP contribution in [0.3, 0.4) is 0 Å². The van der Waals surface area contributed by atoms with E-state index in [1.165, 1.54) is 0 Å². The molecule has 2 atom stereocenters. The molecule has 1 saturated carbocycles. The molecular formula is C14H18O3. The molecule has 0 amide bonds. The predicted molar refractivity (Wildman–Crippen MR) is 64.7 cm³/mol. The molecule has 92 valence electrons. The molecule has 0 unspecified atom stereocenters. The average molecular weight is 234 g/mol. The van der Waals surface area contributed by atoms with E-state index in [2.05, 4.69) is 0 Å². The summed E-state index contributed by atoms with van der Waals surface area (Å²) in [6, 6.07) is 8.92. The van der Waals surface area contributed by atoms with Gasteiger partial charge in [-0.25, -0.2) is 4.79 Å². The van der Waals surface area contributed by atoms with Crippen molar-refractivity contribution < 1.29 is 14.6 Å². The highest BCUT2D eigenvalue weighted by atomic mass is 16.6. The minimum atomic E-state index is -0.509. The lowest BCUT2D eigenvalue weighted by Crippen LogP contribution is -2.30. The molecule has 0 spiro atoms. The minimum Gasteiger partial charge on any atom is -0.456 e. The number of hydrogen-bond acceptors (Lipinski definition) is 3. The Kier molecular flexibility index (Phi) is 4.15. The van der Waals surface area contributed by atoms with Crippen molar-refractivity contribution in [2.24, 2.45) is 0 Å². The standard InChI is InChI=1S/C14H18O3/c15-12-9-5-2-6-10-13(12)17-14(16)11-7-3-1-4-8-11/h1,3-4,7-8,12-13,15H,2,5-6,9-10H2/t12-,13-/m0/s1. The number of aliphatic hydroxyl groups is 1. The van der Waals surface area contributed by atoms with Crippen LogP contribution in [0.1, 0.15) is 42.5 Å². The topological polar surface area (TPSA) is 46.5 Å². The van der Waals surface area contributed by atoms with Crippen molar-refractivity contribution in [1.29, 1.82) is 0 Å². The maximum Gasteiger partial charge on any atom is 0.338 e. The van der Waals surface area contributed by atoms with Gasteiger partial charge >= 0.3 is 5.97 Å². The van der Waals surface area contributed by atoms with Crippen molar-refractivity contribution in [3.63, 3.8) is 0 Å². The lowest BCUT2D eigenvalue weighted by Gasteiger charge is -2.20. The van der Waals surface area contributed by atoms with E-state index in [-0.39, 0.29) is 12.1 Å². The van der Waals surface area contributed by atoms with Crippen molar-refractivity contribution in [2.45, 2.75) is 44.3 Å². The fourth-order valence-electron chi connectivity index (χ4n) is 2.17. The van der Waals surface area contributed by atoms with Gasteiger partial charge in [-0.05, 0) is 31.4 Å². The van der Waals surface area contributed by atoms with Gasteiger partial charge < -0.3 is 9.84 Å². The largest absolute Gasteiger partial charge is 0.456 e. The average Bonchev–Trinajstić information content (AvgIpc) is 2.56. The van der Waals surface area contributed by atoms with Gasteiger partial charge in [-0.3, -0.25) is 0 Å². The smallest absolute Gasteiger partial charge is 0.338 e. The molecule has 1 aliphatic rings. The second-order valence-corrected chi connectivity index (χ2v) is 4.52. The van der Waals surface area contributed by atoms with E-state index in [1.54, 1.807) is 24.3 Å². The summed E-state index contributed by atoms with van der Waals surface area (Å²) in [6.07, 6.45) is 3.78. The highest BCUT2D eigenvalue weighted by molar-refractivity contribution is 5.89. The van der Waals surface area contributed by atoms with Crippen LogP contribution in [0.4, 0.5) is 0 Å². The van der Waals surface area contributed by atoms with Crippen LogP contribution in [-0.4, -0.2) is 23.3 Å². The van der Waals surface area contributed by atoms with Gasteiger partial charge in [-0.1, -0.05) is 31.0 Å². The molecule has 17 heavy (non-hydrogen) atoms. The van der Waals surface area contributed by atoms with Crippen molar-refractivity contribution in [2.75, 3.05) is 0 Å². The maximum atomic E-state index is 11.8. The van der Waals surface area contributed by atoms with Crippen LogP contribution in [0.2, 0.25) is 0 Å². The number of aliphatic hydroxyl groups excluding tert-OH is 1. The van der Waals surface area contributed by atoms with Crippen molar-refractivity contribution in [3.05, 3.63) is 35.9 Å². The maximum absolute atomic E-state index is 11.8. The van der Waals surface area contributed by atoms with Gasteiger partial charge in [0.1, 0.15) is 6.10 Å². The Morgan fingerprint density at radius 1 is 1.12 bits per heavy atom. The third-order valence-electron chi connectivity index (χ3n) is 3.19. The first-order valence-electron chi connectivity index (χ1n) is 6.21. The molecule has 3 nitrogen and oxygen atoms in total. The van der Waals surface area contributed by atoms with Crippen LogP contribution >= 0.6 is 0 Å². The number of carbonyl (C=O) groups is 1. The molecule has 0 radical (unpaired) electrons. The molecular weight excluding hydrogens is 216 g/mol. The molecule has 1 aromatic carbocycles. The fraction of sp³-hybridized carbons (Fsp3) is 0.500. The van der Waals surface area contributed by atoms with Crippen LogP contribution in [0.5, 0.6) is 0 Å². The summed E-state index contributed by atoms with van der Waals surface area (Å²) in [5.74, 6) is -0.337. The fourth-order valence-corrected chi connectivity index (χ4v) is 2.17. The summed E-state index contributed by atoms with van der Waals surface area (Å²) in [4.78, 5) is 11.8. The van der Waals surface area contributed by atoms with Crippen molar-refractivity contribution in [3.8, 4) is 0 Å². The van der Waals surface area contributed by atoms with E-state index < -0.39 is 6.10 Å². The van der Waals surface area contributed by atoms with Crippen LogP contribution in [0.15, 0.2) is 30.3 Å². The lowest BCUT2D eigenvalue weighted by atomic mass is 10.1. The van der Waals surface area contributed by atoms with E-state index in [0.717, 1.165) is 32.1 Å². The van der Waals surface area contributed by atoms with Crippen LogP contribution in [-0.2, 0) is 4.74 Å². The van der Waals surface area contributed by atoms with E-state index in [9.17, 15) is 9.90 Å². The normalized spacial score (nSPS) is 25.0. The molecule has 0 aliphatic heterocycles. The molecule has 0 aromatic heterocycles. The number of carbonyl (C=O) groups excluding carboxylic acids is 1. The van der Waals surface area contributed by atoms with Gasteiger partial charge in [-0.2, -0.15) is 0 Å². The number of esters is 1. The number of rotatable bonds is 2. The van der Waals surface area contributed by atoms with Crippen molar-refractivity contribution >= 4 is 5.97 Å². The first kappa shape index (κ1) is 12.1. The molecule has 1 aliphatic carbocycles. The predicted octanol–water partition coefficient (Wildman–Crippen LogP) is 2.54. The minimum absolute atomic E-state index is 0.337. The Labute approximate surface area is 101 Å². The summed E-state index contributed by atoms with van der Waals surface area (Å²) in [5.41, 5.74) is 0.545. The second kappa shape index (κ2) is 5.82. The zero-order chi connectivity index (χ0) is 12.1. The van der Waals surface area contributed by atoms with E-state index in [0.29, 0.717) is 5.56 Å². The Morgan fingerprint density at radius 3 is 2.59 bits per heavy atom. The Balaban J connectivity index is 1.98. The number of benzene rings is 1. The van der Waals surface area contributed by atoms with Crippen molar-refractivity contribution in [1.82, 2.24) is 0 Å². The molecule has 3 heteroatoms. The second-order valence-electron chi connectivity index (χ2n) is 4.52. The van der Waals surface area contributed by atoms with Crippen LogP contribution in [0, 0.1) is 0 Å². The monoisotopic (exact) mass is 234 g/mol. The molecule has 2 rings (SSSR count). The van der Waals surface area contributed by atoms with Gasteiger partial charge in [0.15, 0.2) is 0 Å². The SMILES string of the molecule is O=C(O[C@H]1CCCCC[C@@H]1O)c1ccccc1. The van der Waals surface area contributed by atoms with E-state index in [4.69, 9.17) is 4.74 Å². The highest BCUT2D eigenvalue weighted by Gasteiger charge is 2.25. The Morgan fingerprint density at radius 2 is 1.82 bits per heavy atom. The highest BCUT2D eigenvalue weighted by Crippen LogP contribution is 2.21. The molecule has 1 fully saturated rings. The zero-order valence-electron chi connectivity index (χ0n) is 9.84. The molecule has 1 N–H and O–H groups in total. The summed E-state index contributed by atoms with van der Waals surface area (Å²) in [5, 5.41) is 9.87. The quantitative estimate of drug-likeness (QED) is 0.632. The van der Waals surface area contributed by atoms with Gasteiger partial charge in [0.25, 0.3) is 0 Å². The van der Waals surface area contributed by atoms with Crippen LogP contribution in [0.25, 0.3) is 0 Å². The first-order chi connectivity index (χ1) is 8.27. The Hall–Kier alpha value is -1.35. The summed E-state index contributed by atoms with van der Waals surface area (Å²) in [6.45, 7) is 0. The summed E-state index contributed by atoms with van der Waals surface area (Å²) >= 11 is 0.